The van der Waals surface area contributed by atoms with Crippen molar-refractivity contribution < 1.29 is 9.59 Å². The number of carbonyl (C=O) groups excluding carboxylic acids is 2. The zero-order valence-electron chi connectivity index (χ0n) is 16.6. The van der Waals surface area contributed by atoms with Crippen molar-refractivity contribution in [3.05, 3.63) is 35.7 Å². The normalized spacial score (nSPS) is 13.4. The second kappa shape index (κ2) is 9.23. The molecular weight excluding hydrogens is 374 g/mol. The van der Waals surface area contributed by atoms with Crippen LogP contribution in [-0.2, 0) is 11.3 Å². The summed E-state index contributed by atoms with van der Waals surface area (Å²) >= 11 is 1.39. The number of benzene rings is 1. The van der Waals surface area contributed by atoms with E-state index in [1.54, 1.807) is 29.2 Å². The molecule has 0 unspecified atom stereocenters. The van der Waals surface area contributed by atoms with Crippen molar-refractivity contribution in [2.45, 2.75) is 51.2 Å². The highest BCUT2D eigenvalue weighted by Gasteiger charge is 2.30. The first-order valence-corrected chi connectivity index (χ1v) is 10.8. The van der Waals surface area contributed by atoms with E-state index in [-0.39, 0.29) is 17.6 Å². The van der Waals surface area contributed by atoms with E-state index in [2.05, 4.69) is 27.0 Å². The summed E-state index contributed by atoms with van der Waals surface area (Å²) in [5, 5.41) is 12.2. The van der Waals surface area contributed by atoms with Crippen LogP contribution in [0.4, 0.5) is 5.69 Å². The predicted molar refractivity (Wildman–Crippen MR) is 111 cm³/mol. The largest absolute Gasteiger partial charge is 0.339 e. The zero-order chi connectivity index (χ0) is 20.1. The molecule has 1 aliphatic carbocycles. The number of nitrogens with zero attached hydrogens (tertiary/aromatic N) is 4. The highest BCUT2D eigenvalue weighted by Crippen LogP contribution is 2.39. The van der Waals surface area contributed by atoms with Crippen LogP contribution in [0.15, 0.2) is 29.4 Å². The third kappa shape index (κ3) is 4.73. The number of hydrogen-bond donors (Lipinski definition) is 1. The van der Waals surface area contributed by atoms with E-state index in [1.165, 1.54) is 24.6 Å². The number of rotatable bonds is 9. The minimum absolute atomic E-state index is 0.0286. The average molecular weight is 402 g/mol. The Morgan fingerprint density at radius 2 is 1.96 bits per heavy atom. The Bertz CT molecular complexity index is 843. The van der Waals surface area contributed by atoms with Crippen molar-refractivity contribution in [1.29, 1.82) is 0 Å². The third-order valence-corrected chi connectivity index (χ3v) is 5.75. The summed E-state index contributed by atoms with van der Waals surface area (Å²) in [6.07, 6.45) is 2.34. The van der Waals surface area contributed by atoms with Crippen LogP contribution in [0.1, 0.15) is 55.7 Å². The molecule has 0 bridgehead atoms. The molecule has 0 atom stereocenters. The Labute approximate surface area is 169 Å². The Kier molecular flexibility index (Phi) is 6.72. The van der Waals surface area contributed by atoms with Crippen LogP contribution >= 0.6 is 11.8 Å². The summed E-state index contributed by atoms with van der Waals surface area (Å²) in [7, 11) is 0. The molecule has 28 heavy (non-hydrogen) atoms. The lowest BCUT2D eigenvalue weighted by molar-refractivity contribution is -0.113. The summed E-state index contributed by atoms with van der Waals surface area (Å²) in [4.78, 5) is 26.6. The number of anilines is 1. The molecule has 7 nitrogen and oxygen atoms in total. The summed E-state index contributed by atoms with van der Waals surface area (Å²) in [6.45, 7) is 8.09. The van der Waals surface area contributed by atoms with Gasteiger partial charge >= 0.3 is 0 Å². The van der Waals surface area contributed by atoms with Crippen molar-refractivity contribution in [2.24, 2.45) is 0 Å². The van der Waals surface area contributed by atoms with Gasteiger partial charge in [-0.25, -0.2) is 0 Å². The smallest absolute Gasteiger partial charge is 0.253 e. The van der Waals surface area contributed by atoms with Crippen LogP contribution in [0.5, 0.6) is 0 Å². The summed E-state index contributed by atoms with van der Waals surface area (Å²) in [5.41, 5.74) is 1.20. The van der Waals surface area contributed by atoms with Gasteiger partial charge in [0, 0.05) is 36.8 Å². The van der Waals surface area contributed by atoms with Crippen molar-refractivity contribution in [1.82, 2.24) is 19.7 Å². The lowest BCUT2D eigenvalue weighted by atomic mass is 10.1. The fraction of sp³-hybridized carbons (Fsp3) is 0.500. The first-order valence-electron chi connectivity index (χ1n) is 9.82. The lowest BCUT2D eigenvalue weighted by Gasteiger charge is -2.19. The molecule has 3 rings (SSSR count). The number of aromatic nitrogens is 3. The molecule has 0 spiro atoms. The van der Waals surface area contributed by atoms with Crippen molar-refractivity contribution in [3.63, 3.8) is 0 Å². The first kappa shape index (κ1) is 20.4. The highest BCUT2D eigenvalue weighted by atomic mass is 32.2. The van der Waals surface area contributed by atoms with E-state index < -0.39 is 0 Å². The van der Waals surface area contributed by atoms with Gasteiger partial charge in [0.25, 0.3) is 5.91 Å². The minimum Gasteiger partial charge on any atom is -0.339 e. The number of hydrogen-bond acceptors (Lipinski definition) is 5. The van der Waals surface area contributed by atoms with Gasteiger partial charge in [-0.1, -0.05) is 17.8 Å². The monoisotopic (exact) mass is 401 g/mol. The molecule has 150 valence electrons. The van der Waals surface area contributed by atoms with Crippen LogP contribution in [0.2, 0.25) is 0 Å². The molecule has 1 N–H and O–H groups in total. The molecule has 8 heteroatoms. The Morgan fingerprint density at radius 3 is 2.61 bits per heavy atom. The van der Waals surface area contributed by atoms with Gasteiger partial charge in [-0.15, -0.1) is 10.2 Å². The Balaban J connectivity index is 1.59. The maximum atomic E-state index is 12.5. The standard InChI is InChI=1S/C20H27N5O2S/c1-4-24(5-2)19(27)15-8-7-9-16(12-15)21-17(26)13-28-20-23-22-18(14-10-11-14)25(20)6-3/h7-9,12,14H,4-6,10-11,13H2,1-3H3,(H,21,26). The molecular formula is C20H27N5O2S. The van der Waals surface area contributed by atoms with Gasteiger partial charge in [-0.3, -0.25) is 9.59 Å². The maximum absolute atomic E-state index is 12.5. The van der Waals surface area contributed by atoms with Crippen LogP contribution in [0, 0.1) is 0 Å². The summed E-state index contributed by atoms with van der Waals surface area (Å²) < 4.78 is 2.10. The van der Waals surface area contributed by atoms with E-state index in [0.29, 0.717) is 30.3 Å². The van der Waals surface area contributed by atoms with Crippen molar-refractivity contribution in [2.75, 3.05) is 24.2 Å². The molecule has 1 heterocycles. The van der Waals surface area contributed by atoms with E-state index in [9.17, 15) is 9.59 Å². The van der Waals surface area contributed by atoms with E-state index in [0.717, 1.165) is 17.5 Å². The SMILES string of the molecule is CCN(CC)C(=O)c1cccc(NC(=O)CSc2nnc(C3CC3)n2CC)c1. The summed E-state index contributed by atoms with van der Waals surface area (Å²) in [5.74, 6) is 1.65. The van der Waals surface area contributed by atoms with Gasteiger partial charge in [0.1, 0.15) is 5.82 Å². The van der Waals surface area contributed by atoms with Gasteiger partial charge in [-0.05, 0) is 51.8 Å². The molecule has 0 radical (unpaired) electrons. The molecule has 0 aliphatic heterocycles. The summed E-state index contributed by atoms with van der Waals surface area (Å²) in [6, 6.07) is 7.08. The van der Waals surface area contributed by atoms with Gasteiger partial charge < -0.3 is 14.8 Å². The highest BCUT2D eigenvalue weighted by molar-refractivity contribution is 7.99. The van der Waals surface area contributed by atoms with Crippen LogP contribution in [-0.4, -0.2) is 50.3 Å². The van der Waals surface area contributed by atoms with Gasteiger partial charge in [-0.2, -0.15) is 0 Å². The lowest BCUT2D eigenvalue weighted by Crippen LogP contribution is -2.30. The quantitative estimate of drug-likeness (QED) is 0.652. The van der Waals surface area contributed by atoms with E-state index >= 15 is 0 Å². The topological polar surface area (TPSA) is 80.1 Å². The van der Waals surface area contributed by atoms with Crippen LogP contribution in [0.3, 0.4) is 0 Å². The predicted octanol–water partition coefficient (Wildman–Crippen LogP) is 3.39. The first-order chi connectivity index (χ1) is 13.6. The molecule has 1 aromatic heterocycles. The van der Waals surface area contributed by atoms with Crippen molar-refractivity contribution >= 4 is 29.3 Å². The van der Waals surface area contributed by atoms with Crippen LogP contribution in [0.25, 0.3) is 0 Å². The molecule has 2 amide bonds. The minimum atomic E-state index is -0.129. The van der Waals surface area contributed by atoms with Crippen molar-refractivity contribution in [3.8, 4) is 0 Å². The van der Waals surface area contributed by atoms with E-state index in [1.807, 2.05) is 13.8 Å². The van der Waals surface area contributed by atoms with Crippen LogP contribution < -0.4 is 5.32 Å². The number of amides is 2. The number of nitrogens with one attached hydrogen (secondary N) is 1. The zero-order valence-corrected chi connectivity index (χ0v) is 17.5. The van der Waals surface area contributed by atoms with E-state index in [4.69, 9.17) is 0 Å². The molecule has 1 fully saturated rings. The molecule has 2 aromatic rings. The fourth-order valence-corrected chi connectivity index (χ4v) is 3.91. The second-order valence-corrected chi connectivity index (χ2v) is 7.70. The Hall–Kier alpha value is -2.35. The molecule has 1 saturated carbocycles. The maximum Gasteiger partial charge on any atom is 0.253 e. The second-order valence-electron chi connectivity index (χ2n) is 6.75. The van der Waals surface area contributed by atoms with Gasteiger partial charge in [0.05, 0.1) is 5.75 Å². The Morgan fingerprint density at radius 1 is 1.21 bits per heavy atom. The molecule has 1 aromatic carbocycles. The van der Waals surface area contributed by atoms with Gasteiger partial charge in [0.2, 0.25) is 5.91 Å². The number of carbonyl (C=O) groups is 2. The molecule has 1 aliphatic rings. The van der Waals surface area contributed by atoms with Gasteiger partial charge in [0.15, 0.2) is 5.16 Å². The molecule has 0 saturated heterocycles. The third-order valence-electron chi connectivity index (χ3n) is 4.78. The average Bonchev–Trinajstić information content (AvgIpc) is 3.47. The number of thioether (sulfide) groups is 1. The fourth-order valence-electron chi connectivity index (χ4n) is 3.10.